The molecule has 0 aromatic carbocycles. The monoisotopic (exact) mass is 309 g/mol. The van der Waals surface area contributed by atoms with E-state index in [9.17, 15) is 0 Å². The lowest BCUT2D eigenvalue weighted by atomic mass is 10.3. The van der Waals surface area contributed by atoms with Gasteiger partial charge in [0.05, 0.1) is 5.69 Å². The molecule has 7 heteroatoms. The summed E-state index contributed by atoms with van der Waals surface area (Å²) in [5.74, 6) is 0. The van der Waals surface area contributed by atoms with E-state index in [1.165, 1.54) is 0 Å². The maximum absolute atomic E-state index is 4.74. The van der Waals surface area contributed by atoms with E-state index in [0.29, 0.717) is 6.04 Å². The second-order valence-electron chi connectivity index (χ2n) is 4.85. The van der Waals surface area contributed by atoms with Crippen molar-refractivity contribution in [3.63, 3.8) is 0 Å². The molecule has 1 aliphatic heterocycles. The molecule has 2 aromatic heterocycles. The topological polar surface area (TPSA) is 44.3 Å². The predicted octanol–water partition coefficient (Wildman–Crippen LogP) is 2.21. The standard InChI is InChI=1S/C13H19N5S2/c1-10(14-2)11-9-20-13(16-11)18-6-4-17(5-7-18)12-15-3-8-19-12/h3,8-10,14H,4-7H2,1-2H3. The first kappa shape index (κ1) is 13.8. The van der Waals surface area contributed by atoms with E-state index in [0.717, 1.165) is 42.1 Å². The van der Waals surface area contributed by atoms with Gasteiger partial charge in [0.1, 0.15) is 0 Å². The van der Waals surface area contributed by atoms with Crippen LogP contribution >= 0.6 is 22.7 Å². The molecule has 0 radical (unpaired) electrons. The Balaban J connectivity index is 1.62. The van der Waals surface area contributed by atoms with Crippen molar-refractivity contribution in [1.29, 1.82) is 0 Å². The van der Waals surface area contributed by atoms with Crippen LogP contribution in [0, 0.1) is 0 Å². The van der Waals surface area contributed by atoms with Crippen molar-refractivity contribution in [2.24, 2.45) is 0 Å². The van der Waals surface area contributed by atoms with E-state index >= 15 is 0 Å². The average molecular weight is 309 g/mol. The molecule has 108 valence electrons. The summed E-state index contributed by atoms with van der Waals surface area (Å²) in [7, 11) is 1.97. The molecule has 1 atom stereocenters. The van der Waals surface area contributed by atoms with E-state index in [2.05, 4.69) is 32.4 Å². The van der Waals surface area contributed by atoms with Gasteiger partial charge in [-0.05, 0) is 14.0 Å². The van der Waals surface area contributed by atoms with Crippen LogP contribution in [0.1, 0.15) is 18.7 Å². The smallest absolute Gasteiger partial charge is 0.185 e. The van der Waals surface area contributed by atoms with Crippen LogP contribution in [0.2, 0.25) is 0 Å². The molecule has 0 spiro atoms. The van der Waals surface area contributed by atoms with E-state index < -0.39 is 0 Å². The Hall–Kier alpha value is -1.18. The molecular weight excluding hydrogens is 290 g/mol. The minimum absolute atomic E-state index is 0.316. The summed E-state index contributed by atoms with van der Waals surface area (Å²) in [5, 5.41) is 9.70. The van der Waals surface area contributed by atoms with Crippen LogP contribution in [0.15, 0.2) is 17.0 Å². The maximum Gasteiger partial charge on any atom is 0.185 e. The second-order valence-corrected chi connectivity index (χ2v) is 6.56. The Morgan fingerprint density at radius 3 is 2.45 bits per heavy atom. The number of hydrogen-bond donors (Lipinski definition) is 1. The normalized spacial score (nSPS) is 17.5. The first-order valence-electron chi connectivity index (χ1n) is 6.80. The van der Waals surface area contributed by atoms with Crippen molar-refractivity contribution in [1.82, 2.24) is 15.3 Å². The average Bonchev–Trinajstić information content (AvgIpc) is 3.18. The largest absolute Gasteiger partial charge is 0.345 e. The third kappa shape index (κ3) is 2.79. The van der Waals surface area contributed by atoms with Gasteiger partial charge < -0.3 is 15.1 Å². The molecule has 1 N–H and O–H groups in total. The Bertz CT molecular complexity index is 531. The first-order valence-corrected chi connectivity index (χ1v) is 8.56. The molecule has 1 aliphatic rings. The maximum atomic E-state index is 4.74. The Kier molecular flexibility index (Phi) is 4.18. The molecule has 0 saturated carbocycles. The highest BCUT2D eigenvalue weighted by Crippen LogP contribution is 2.26. The molecule has 3 rings (SSSR count). The molecule has 5 nitrogen and oxygen atoms in total. The Morgan fingerprint density at radius 1 is 1.15 bits per heavy atom. The lowest BCUT2D eigenvalue weighted by Gasteiger charge is -2.34. The molecule has 3 heterocycles. The van der Waals surface area contributed by atoms with Crippen molar-refractivity contribution < 1.29 is 0 Å². The molecule has 0 aliphatic carbocycles. The predicted molar refractivity (Wildman–Crippen MR) is 86.1 cm³/mol. The van der Waals surface area contributed by atoms with Crippen molar-refractivity contribution in [3.05, 3.63) is 22.7 Å². The minimum atomic E-state index is 0.316. The third-order valence-electron chi connectivity index (χ3n) is 3.63. The number of piperazine rings is 1. The van der Waals surface area contributed by atoms with Gasteiger partial charge in [-0.15, -0.1) is 22.7 Å². The van der Waals surface area contributed by atoms with Gasteiger partial charge in [-0.1, -0.05) is 0 Å². The van der Waals surface area contributed by atoms with Gasteiger partial charge in [0.25, 0.3) is 0 Å². The SMILES string of the molecule is CNC(C)c1csc(N2CCN(c3nccs3)CC2)n1. The van der Waals surface area contributed by atoms with Crippen molar-refractivity contribution in [2.45, 2.75) is 13.0 Å². The number of thiazole rings is 2. The highest BCUT2D eigenvalue weighted by molar-refractivity contribution is 7.14. The molecule has 1 fully saturated rings. The van der Waals surface area contributed by atoms with Gasteiger partial charge in [0.2, 0.25) is 0 Å². The highest BCUT2D eigenvalue weighted by Gasteiger charge is 2.21. The van der Waals surface area contributed by atoms with Crippen LogP contribution in [-0.2, 0) is 0 Å². The summed E-state index contributed by atoms with van der Waals surface area (Å²) in [6.07, 6.45) is 1.87. The van der Waals surface area contributed by atoms with Crippen LogP contribution in [-0.4, -0.2) is 43.2 Å². The van der Waals surface area contributed by atoms with Gasteiger partial charge in [-0.2, -0.15) is 0 Å². The van der Waals surface area contributed by atoms with Gasteiger partial charge in [0, 0.05) is 49.2 Å². The quantitative estimate of drug-likeness (QED) is 0.938. The van der Waals surface area contributed by atoms with Crippen LogP contribution < -0.4 is 15.1 Å². The van der Waals surface area contributed by atoms with Crippen LogP contribution in [0.25, 0.3) is 0 Å². The van der Waals surface area contributed by atoms with Crippen LogP contribution in [0.5, 0.6) is 0 Å². The fourth-order valence-electron chi connectivity index (χ4n) is 2.23. The summed E-state index contributed by atoms with van der Waals surface area (Å²) in [4.78, 5) is 13.9. The number of nitrogens with one attached hydrogen (secondary N) is 1. The van der Waals surface area contributed by atoms with Crippen LogP contribution in [0.3, 0.4) is 0 Å². The first-order chi connectivity index (χ1) is 9.78. The molecule has 20 heavy (non-hydrogen) atoms. The van der Waals surface area contributed by atoms with E-state index in [1.807, 2.05) is 18.6 Å². The van der Waals surface area contributed by atoms with Gasteiger partial charge in [0.15, 0.2) is 10.3 Å². The lowest BCUT2D eigenvalue weighted by molar-refractivity contribution is 0.627. The number of aromatic nitrogens is 2. The molecular formula is C13H19N5S2. The minimum Gasteiger partial charge on any atom is -0.345 e. The molecule has 2 aromatic rings. The Morgan fingerprint density at radius 2 is 1.85 bits per heavy atom. The number of anilines is 2. The summed E-state index contributed by atoms with van der Waals surface area (Å²) in [5.41, 5.74) is 1.13. The molecule has 1 unspecified atom stereocenters. The highest BCUT2D eigenvalue weighted by atomic mass is 32.1. The summed E-state index contributed by atoms with van der Waals surface area (Å²) < 4.78 is 0. The fourth-order valence-corrected chi connectivity index (χ4v) is 3.90. The zero-order valence-corrected chi connectivity index (χ0v) is 13.4. The van der Waals surface area contributed by atoms with Crippen LogP contribution in [0.4, 0.5) is 10.3 Å². The molecule has 1 saturated heterocycles. The molecule has 0 bridgehead atoms. The van der Waals surface area contributed by atoms with Crippen molar-refractivity contribution in [3.8, 4) is 0 Å². The van der Waals surface area contributed by atoms with E-state index in [-0.39, 0.29) is 0 Å². The number of rotatable bonds is 4. The van der Waals surface area contributed by atoms with Gasteiger partial charge in [-0.3, -0.25) is 0 Å². The fraction of sp³-hybridized carbons (Fsp3) is 0.538. The number of nitrogens with zero attached hydrogens (tertiary/aromatic N) is 4. The lowest BCUT2D eigenvalue weighted by Crippen LogP contribution is -2.46. The van der Waals surface area contributed by atoms with E-state index in [1.54, 1.807) is 22.7 Å². The summed E-state index contributed by atoms with van der Waals surface area (Å²) in [6, 6.07) is 0.316. The number of hydrogen-bond acceptors (Lipinski definition) is 7. The zero-order chi connectivity index (χ0) is 13.9. The summed E-state index contributed by atoms with van der Waals surface area (Å²) >= 11 is 3.45. The van der Waals surface area contributed by atoms with Gasteiger partial charge in [-0.25, -0.2) is 9.97 Å². The molecule has 0 amide bonds. The Labute approximate surface area is 127 Å². The van der Waals surface area contributed by atoms with E-state index in [4.69, 9.17) is 4.98 Å². The third-order valence-corrected chi connectivity index (χ3v) is 5.38. The van der Waals surface area contributed by atoms with Crippen molar-refractivity contribution in [2.75, 3.05) is 43.0 Å². The summed E-state index contributed by atoms with van der Waals surface area (Å²) in [6.45, 7) is 6.20. The van der Waals surface area contributed by atoms with Gasteiger partial charge >= 0.3 is 0 Å². The zero-order valence-electron chi connectivity index (χ0n) is 11.7. The second kappa shape index (κ2) is 6.07. The van der Waals surface area contributed by atoms with Crippen molar-refractivity contribution >= 4 is 32.9 Å².